The van der Waals surface area contributed by atoms with Crippen LogP contribution >= 0.6 is 27.3 Å². The maximum atomic E-state index is 13.6. The molecule has 2 aromatic heterocycles. The first kappa shape index (κ1) is 19.7. The number of fused-ring (bicyclic) bond motifs is 3. The largest absolute Gasteiger partial charge is 0.450 e. The minimum atomic E-state index is -0.152. The molecular formula is C26H19BrN2O2S. The monoisotopic (exact) mass is 502 g/mol. The lowest BCUT2D eigenvalue weighted by Crippen LogP contribution is -2.38. The van der Waals surface area contributed by atoms with Gasteiger partial charge in [-0.1, -0.05) is 65.4 Å². The molecule has 0 saturated heterocycles. The number of hydrogen-bond acceptors (Lipinski definition) is 4. The van der Waals surface area contributed by atoms with Crippen LogP contribution in [0.2, 0.25) is 0 Å². The van der Waals surface area contributed by atoms with Crippen LogP contribution < -0.4 is 14.9 Å². The molecule has 1 unspecified atom stereocenters. The van der Waals surface area contributed by atoms with E-state index in [4.69, 9.17) is 9.41 Å². The van der Waals surface area contributed by atoms with E-state index in [2.05, 4.69) is 71.4 Å². The molecule has 3 heterocycles. The van der Waals surface area contributed by atoms with E-state index in [9.17, 15) is 4.79 Å². The topological polar surface area (TPSA) is 47.5 Å². The van der Waals surface area contributed by atoms with Gasteiger partial charge >= 0.3 is 0 Å². The van der Waals surface area contributed by atoms with Crippen LogP contribution in [-0.2, 0) is 6.42 Å². The van der Waals surface area contributed by atoms with Crippen LogP contribution in [0.4, 0.5) is 0 Å². The van der Waals surface area contributed by atoms with E-state index in [0.717, 1.165) is 28.9 Å². The quantitative estimate of drug-likeness (QED) is 0.387. The molecule has 6 heteroatoms. The highest BCUT2D eigenvalue weighted by molar-refractivity contribution is 9.10. The number of hydrogen-bond donors (Lipinski definition) is 0. The Hall–Kier alpha value is -2.96. The van der Waals surface area contributed by atoms with Gasteiger partial charge in [-0.3, -0.25) is 9.36 Å². The van der Waals surface area contributed by atoms with Crippen molar-refractivity contribution in [2.24, 2.45) is 4.99 Å². The molecule has 0 N–H and O–H groups in total. The van der Waals surface area contributed by atoms with Crippen molar-refractivity contribution >= 4 is 39.0 Å². The maximum Gasteiger partial charge on any atom is 0.271 e. The van der Waals surface area contributed by atoms with Crippen molar-refractivity contribution in [2.75, 3.05) is 0 Å². The molecule has 2 aliphatic rings. The second-order valence-electron chi connectivity index (χ2n) is 8.17. The molecule has 4 nitrogen and oxygen atoms in total. The maximum absolute atomic E-state index is 13.6. The summed E-state index contributed by atoms with van der Waals surface area (Å²) in [5.41, 5.74) is 7.02. The third-order valence-corrected chi connectivity index (χ3v) is 7.54. The molecule has 0 fully saturated rings. The molecule has 32 heavy (non-hydrogen) atoms. The Morgan fingerprint density at radius 3 is 2.69 bits per heavy atom. The number of rotatable bonds is 2. The van der Waals surface area contributed by atoms with Gasteiger partial charge < -0.3 is 4.42 Å². The minimum absolute atomic E-state index is 0.0303. The van der Waals surface area contributed by atoms with Crippen LogP contribution in [0.25, 0.3) is 11.8 Å². The SMILES string of the molecule is Cc1ccc(C2C3=C(N=c4sc(=Cc5ccc(Br)o5)c(=O)n42)c2ccccc2CC3)cc1. The highest BCUT2D eigenvalue weighted by Gasteiger charge is 2.32. The number of aromatic nitrogens is 1. The highest BCUT2D eigenvalue weighted by atomic mass is 79.9. The van der Waals surface area contributed by atoms with Crippen LogP contribution in [-0.4, -0.2) is 4.57 Å². The summed E-state index contributed by atoms with van der Waals surface area (Å²) in [7, 11) is 0. The summed E-state index contributed by atoms with van der Waals surface area (Å²) < 4.78 is 8.75. The summed E-state index contributed by atoms with van der Waals surface area (Å²) in [6.07, 6.45) is 3.65. The molecule has 0 saturated carbocycles. The first-order valence-corrected chi connectivity index (χ1v) is 12.1. The average Bonchev–Trinajstić information content (AvgIpc) is 3.35. The Kier molecular flexibility index (Phi) is 4.66. The molecule has 1 aliphatic carbocycles. The normalized spacial score (nSPS) is 17.6. The number of furan rings is 1. The van der Waals surface area contributed by atoms with Crippen LogP contribution in [0.3, 0.4) is 0 Å². The van der Waals surface area contributed by atoms with Gasteiger partial charge in [-0.2, -0.15) is 0 Å². The van der Waals surface area contributed by atoms with Crippen LogP contribution in [0, 0.1) is 6.92 Å². The summed E-state index contributed by atoms with van der Waals surface area (Å²) in [6, 6.07) is 20.5. The fraction of sp³-hybridized carbons (Fsp3) is 0.154. The van der Waals surface area contributed by atoms with Crippen molar-refractivity contribution in [2.45, 2.75) is 25.8 Å². The highest BCUT2D eigenvalue weighted by Crippen LogP contribution is 2.41. The minimum Gasteiger partial charge on any atom is -0.450 e. The Balaban J connectivity index is 1.64. The van der Waals surface area contributed by atoms with Gasteiger partial charge in [-0.25, -0.2) is 4.99 Å². The third-order valence-electron chi connectivity index (χ3n) is 6.13. The molecule has 2 aromatic carbocycles. The van der Waals surface area contributed by atoms with Crippen molar-refractivity contribution < 1.29 is 4.42 Å². The van der Waals surface area contributed by atoms with Crippen molar-refractivity contribution in [1.29, 1.82) is 0 Å². The summed E-state index contributed by atoms with van der Waals surface area (Å²) in [5.74, 6) is 0.642. The second-order valence-corrected chi connectivity index (χ2v) is 9.96. The van der Waals surface area contributed by atoms with Gasteiger partial charge in [0.05, 0.1) is 16.3 Å². The predicted molar refractivity (Wildman–Crippen MR) is 130 cm³/mol. The predicted octanol–water partition coefficient (Wildman–Crippen LogP) is 4.98. The van der Waals surface area contributed by atoms with Crippen molar-refractivity contribution in [3.05, 3.63) is 119 Å². The Morgan fingerprint density at radius 2 is 1.91 bits per heavy atom. The van der Waals surface area contributed by atoms with Gasteiger partial charge in [0.2, 0.25) is 0 Å². The number of halogens is 1. The fourth-order valence-corrected chi connectivity index (χ4v) is 5.91. The van der Waals surface area contributed by atoms with E-state index >= 15 is 0 Å². The van der Waals surface area contributed by atoms with Gasteiger partial charge in [0.25, 0.3) is 5.56 Å². The summed E-state index contributed by atoms with van der Waals surface area (Å²) in [5, 5.41) is 0. The molecule has 0 radical (unpaired) electrons. The van der Waals surface area contributed by atoms with Crippen LogP contribution in [0.5, 0.6) is 0 Å². The van der Waals surface area contributed by atoms with Gasteiger partial charge in [0, 0.05) is 11.6 Å². The molecule has 4 aromatic rings. The Labute approximate surface area is 197 Å². The summed E-state index contributed by atoms with van der Waals surface area (Å²) in [4.78, 5) is 19.4. The van der Waals surface area contributed by atoms with Gasteiger partial charge in [-0.05, 0) is 64.5 Å². The molecule has 0 amide bonds. The van der Waals surface area contributed by atoms with E-state index in [1.165, 1.54) is 33.6 Å². The van der Waals surface area contributed by atoms with E-state index < -0.39 is 0 Å². The van der Waals surface area contributed by atoms with Crippen molar-refractivity contribution in [1.82, 2.24) is 4.57 Å². The number of allylic oxidation sites excluding steroid dienone is 1. The lowest BCUT2D eigenvalue weighted by Gasteiger charge is -2.30. The average molecular weight is 503 g/mol. The second kappa shape index (κ2) is 7.57. The van der Waals surface area contributed by atoms with E-state index in [1.54, 1.807) is 6.08 Å². The molecule has 0 bridgehead atoms. The zero-order valence-corrected chi connectivity index (χ0v) is 19.7. The zero-order valence-electron chi connectivity index (χ0n) is 17.3. The molecular weight excluding hydrogens is 484 g/mol. The Morgan fingerprint density at radius 1 is 1.09 bits per heavy atom. The van der Waals surface area contributed by atoms with E-state index in [1.807, 2.05) is 16.7 Å². The van der Waals surface area contributed by atoms with Crippen molar-refractivity contribution in [3.8, 4) is 0 Å². The molecule has 158 valence electrons. The smallest absolute Gasteiger partial charge is 0.271 e. The molecule has 1 aliphatic heterocycles. The number of thiazole rings is 1. The lowest BCUT2D eigenvalue weighted by molar-refractivity contribution is 0.531. The van der Waals surface area contributed by atoms with E-state index in [-0.39, 0.29) is 11.6 Å². The fourth-order valence-electron chi connectivity index (χ4n) is 4.61. The van der Waals surface area contributed by atoms with Crippen molar-refractivity contribution in [3.63, 3.8) is 0 Å². The van der Waals surface area contributed by atoms with Gasteiger partial charge in [0.1, 0.15) is 5.76 Å². The zero-order chi connectivity index (χ0) is 21.8. The van der Waals surface area contributed by atoms with E-state index in [0.29, 0.717) is 15.0 Å². The van der Waals surface area contributed by atoms with Gasteiger partial charge in [-0.15, -0.1) is 0 Å². The first-order chi connectivity index (χ1) is 15.6. The molecule has 0 spiro atoms. The summed E-state index contributed by atoms with van der Waals surface area (Å²) in [6.45, 7) is 2.08. The third kappa shape index (κ3) is 3.17. The van der Waals surface area contributed by atoms with Crippen LogP contribution in [0.15, 0.2) is 85.1 Å². The lowest BCUT2D eigenvalue weighted by atomic mass is 9.83. The molecule has 1 atom stereocenters. The number of aryl methyl sites for hydroxylation is 2. The standard InChI is InChI=1S/C26H19BrN2O2S/c1-15-6-8-17(9-7-15)24-20-12-10-16-4-2-3-5-19(16)23(20)28-26-29(24)25(30)21(32-26)14-18-11-13-22(27)31-18/h2-9,11,13-14,24H,10,12H2,1H3. The number of nitrogens with zero attached hydrogens (tertiary/aromatic N) is 2. The summed E-state index contributed by atoms with van der Waals surface area (Å²) >= 11 is 4.75. The Bertz CT molecular complexity index is 1570. The van der Waals surface area contributed by atoms with Gasteiger partial charge in [0.15, 0.2) is 9.47 Å². The first-order valence-electron chi connectivity index (χ1n) is 10.5. The number of benzene rings is 2. The van der Waals surface area contributed by atoms with Crippen LogP contribution in [0.1, 0.15) is 40.5 Å². The molecule has 6 rings (SSSR count).